The predicted octanol–water partition coefficient (Wildman–Crippen LogP) is 2.65. The molecule has 1 aromatic carbocycles. The molecular weight excluding hydrogens is 450 g/mol. The molecule has 2 amide bonds. The third-order valence-corrected chi connectivity index (χ3v) is 8.15. The van der Waals surface area contributed by atoms with Crippen molar-refractivity contribution in [1.82, 2.24) is 15.6 Å². The molecule has 2 aromatic rings. The number of methoxy groups -OCH3 is 1. The number of rotatable bonds is 7. The van der Waals surface area contributed by atoms with Gasteiger partial charge in [-0.3, -0.25) is 20.4 Å². The van der Waals surface area contributed by atoms with E-state index in [1.807, 2.05) is 6.07 Å². The van der Waals surface area contributed by atoms with E-state index in [-0.39, 0.29) is 10.8 Å². The van der Waals surface area contributed by atoms with Crippen molar-refractivity contribution in [3.8, 4) is 5.75 Å². The fraction of sp³-hybridized carbons (Fsp3) is 0.455. The van der Waals surface area contributed by atoms with E-state index in [1.165, 1.54) is 53.2 Å². The van der Waals surface area contributed by atoms with Gasteiger partial charge in [0.1, 0.15) is 11.8 Å². The fourth-order valence-electron chi connectivity index (χ4n) is 3.56. The molecule has 0 fully saturated rings. The van der Waals surface area contributed by atoms with Crippen LogP contribution in [0.15, 0.2) is 35.2 Å². The number of carbonyl (C=O) groups excluding carboxylic acids is 2. The van der Waals surface area contributed by atoms with Gasteiger partial charge in [0.2, 0.25) is 10.0 Å². The quantitative estimate of drug-likeness (QED) is 0.529. The van der Waals surface area contributed by atoms with Gasteiger partial charge in [-0.05, 0) is 67.0 Å². The van der Waals surface area contributed by atoms with Crippen LogP contribution in [0.25, 0.3) is 0 Å². The zero-order valence-corrected chi connectivity index (χ0v) is 20.2. The molecule has 0 saturated carbocycles. The summed E-state index contributed by atoms with van der Waals surface area (Å²) in [5.74, 6) is -0.283. The number of amides is 2. The second kappa shape index (κ2) is 10.0. The normalized spacial score (nSPS) is 16.8. The van der Waals surface area contributed by atoms with E-state index in [0.29, 0.717) is 16.5 Å². The van der Waals surface area contributed by atoms with Crippen LogP contribution < -0.4 is 20.3 Å². The van der Waals surface area contributed by atoms with Gasteiger partial charge in [-0.25, -0.2) is 8.42 Å². The highest BCUT2D eigenvalue weighted by Crippen LogP contribution is 2.32. The van der Waals surface area contributed by atoms with Gasteiger partial charge in [0.15, 0.2) is 0 Å². The van der Waals surface area contributed by atoms with Gasteiger partial charge in [-0.15, -0.1) is 11.3 Å². The molecule has 8 nitrogen and oxygen atoms in total. The Bertz CT molecular complexity index is 1080. The second-order valence-electron chi connectivity index (χ2n) is 8.37. The molecule has 174 valence electrons. The zero-order valence-electron chi connectivity index (χ0n) is 18.6. The summed E-state index contributed by atoms with van der Waals surface area (Å²) in [4.78, 5) is 27.0. The van der Waals surface area contributed by atoms with Crippen LogP contribution >= 0.6 is 11.3 Å². The summed E-state index contributed by atoms with van der Waals surface area (Å²) < 4.78 is 32.9. The van der Waals surface area contributed by atoms with Crippen LogP contribution in [-0.4, -0.2) is 33.4 Å². The van der Waals surface area contributed by atoms with E-state index in [0.717, 1.165) is 19.3 Å². The molecule has 3 rings (SSSR count). The maximum Gasteiger partial charge on any atom is 0.279 e. The monoisotopic (exact) mass is 479 g/mol. The fourth-order valence-corrected chi connectivity index (χ4v) is 6.01. The van der Waals surface area contributed by atoms with Gasteiger partial charge >= 0.3 is 0 Å². The summed E-state index contributed by atoms with van der Waals surface area (Å²) in [5, 5.41) is 0. The van der Waals surface area contributed by atoms with E-state index >= 15 is 0 Å². The van der Waals surface area contributed by atoms with Gasteiger partial charge < -0.3 is 4.74 Å². The van der Waals surface area contributed by atoms with Crippen LogP contribution in [0.5, 0.6) is 5.75 Å². The lowest BCUT2D eigenvalue weighted by atomic mass is 9.90. The highest BCUT2D eigenvalue weighted by Gasteiger charge is 2.29. The molecule has 1 aliphatic rings. The van der Waals surface area contributed by atoms with Gasteiger partial charge in [0.25, 0.3) is 11.8 Å². The van der Waals surface area contributed by atoms with Crippen LogP contribution in [0.4, 0.5) is 0 Å². The Hall–Kier alpha value is -2.43. The molecule has 1 heterocycles. The number of benzene rings is 1. The van der Waals surface area contributed by atoms with Crippen molar-refractivity contribution in [1.29, 1.82) is 0 Å². The van der Waals surface area contributed by atoms with E-state index in [2.05, 4.69) is 22.5 Å². The summed E-state index contributed by atoms with van der Waals surface area (Å²) in [6.07, 6.45) is 3.02. The van der Waals surface area contributed by atoms with Gasteiger partial charge in [0.05, 0.1) is 16.9 Å². The minimum atomic E-state index is -3.95. The number of nitrogens with one attached hydrogen (secondary N) is 3. The smallest absolute Gasteiger partial charge is 0.279 e. The van der Waals surface area contributed by atoms with Crippen molar-refractivity contribution in [2.45, 2.75) is 51.0 Å². The van der Waals surface area contributed by atoms with Gasteiger partial charge in [-0.1, -0.05) is 20.8 Å². The summed E-state index contributed by atoms with van der Waals surface area (Å²) >= 11 is 1.44. The average molecular weight is 480 g/mol. The maximum absolute atomic E-state index is 12.7. The first kappa shape index (κ1) is 24.2. The first-order valence-electron chi connectivity index (χ1n) is 10.5. The average Bonchev–Trinajstić information content (AvgIpc) is 3.18. The van der Waals surface area contributed by atoms with Crippen LogP contribution in [-0.2, 0) is 27.7 Å². The van der Waals surface area contributed by atoms with Crippen LogP contribution in [0.1, 0.15) is 47.3 Å². The van der Waals surface area contributed by atoms with Crippen molar-refractivity contribution >= 4 is 33.2 Å². The highest BCUT2D eigenvalue weighted by atomic mass is 32.2. The van der Waals surface area contributed by atoms with E-state index < -0.39 is 27.9 Å². The van der Waals surface area contributed by atoms with Crippen LogP contribution in [0.2, 0.25) is 0 Å². The highest BCUT2D eigenvalue weighted by molar-refractivity contribution is 7.89. The standard InChI is InChI=1S/C22H29N3O5S2/c1-13(2)20(25-32(28,29)17-8-6-16(30-4)7-9-17)22(27)24-23-21(26)19-12-15-11-14(3)5-10-18(15)31-19/h6-9,12-14,20,25H,5,10-11H2,1-4H3,(H,23,26)(H,24,27)/t14?,20-/m0/s1. The molecule has 10 heteroatoms. The minimum Gasteiger partial charge on any atom is -0.497 e. The Balaban J connectivity index is 1.64. The third kappa shape index (κ3) is 5.67. The molecule has 1 aliphatic carbocycles. The summed E-state index contributed by atoms with van der Waals surface area (Å²) in [5.41, 5.74) is 5.97. The maximum atomic E-state index is 12.7. The van der Waals surface area contributed by atoms with E-state index in [1.54, 1.807) is 13.8 Å². The third-order valence-electron chi connectivity index (χ3n) is 5.45. The Morgan fingerprint density at radius 1 is 1.16 bits per heavy atom. The predicted molar refractivity (Wildman–Crippen MR) is 123 cm³/mol. The Morgan fingerprint density at radius 2 is 1.84 bits per heavy atom. The summed E-state index contributed by atoms with van der Waals surface area (Å²) in [7, 11) is -2.46. The Kier molecular flexibility index (Phi) is 7.58. The second-order valence-corrected chi connectivity index (χ2v) is 11.2. The Labute approximate surface area is 192 Å². The number of hydrogen-bond acceptors (Lipinski definition) is 6. The molecular formula is C22H29N3O5S2. The van der Waals surface area contributed by atoms with Crippen molar-refractivity contribution in [3.05, 3.63) is 45.6 Å². The minimum absolute atomic E-state index is 0.0131. The largest absolute Gasteiger partial charge is 0.497 e. The van der Waals surface area contributed by atoms with Crippen LogP contribution in [0, 0.1) is 11.8 Å². The number of thiophene rings is 1. The molecule has 32 heavy (non-hydrogen) atoms. The topological polar surface area (TPSA) is 114 Å². The lowest BCUT2D eigenvalue weighted by Crippen LogP contribution is -2.54. The molecule has 1 aromatic heterocycles. The number of hydrogen-bond donors (Lipinski definition) is 3. The lowest BCUT2D eigenvalue weighted by molar-refractivity contribution is -0.124. The van der Waals surface area contributed by atoms with Gasteiger partial charge in [0, 0.05) is 4.88 Å². The van der Waals surface area contributed by atoms with Crippen molar-refractivity contribution < 1.29 is 22.7 Å². The number of aryl methyl sites for hydroxylation is 1. The molecule has 0 bridgehead atoms. The molecule has 2 atom stereocenters. The number of hydrazine groups is 1. The van der Waals surface area contributed by atoms with E-state index in [9.17, 15) is 18.0 Å². The number of sulfonamides is 1. The molecule has 0 radical (unpaired) electrons. The number of fused-ring (bicyclic) bond motifs is 1. The van der Waals surface area contributed by atoms with E-state index in [4.69, 9.17) is 4.74 Å². The van der Waals surface area contributed by atoms with Crippen LogP contribution in [0.3, 0.4) is 0 Å². The zero-order chi connectivity index (χ0) is 23.5. The lowest BCUT2D eigenvalue weighted by Gasteiger charge is -2.21. The number of ether oxygens (including phenoxy) is 1. The SMILES string of the molecule is COc1ccc(S(=O)(=O)N[C@H](C(=O)NNC(=O)c2cc3c(s2)CCC(C)C3)C(C)C)cc1. The molecule has 1 unspecified atom stereocenters. The number of carbonyl (C=O) groups is 2. The molecule has 3 N–H and O–H groups in total. The first-order valence-corrected chi connectivity index (χ1v) is 12.8. The molecule has 0 aliphatic heterocycles. The summed E-state index contributed by atoms with van der Waals surface area (Å²) in [6.45, 7) is 5.63. The van der Waals surface area contributed by atoms with Crippen molar-refractivity contribution in [2.24, 2.45) is 11.8 Å². The first-order chi connectivity index (χ1) is 15.1. The van der Waals surface area contributed by atoms with Gasteiger partial charge in [-0.2, -0.15) is 4.72 Å². The molecule has 0 spiro atoms. The van der Waals surface area contributed by atoms with Crippen molar-refractivity contribution in [2.75, 3.05) is 7.11 Å². The molecule has 0 saturated heterocycles. The van der Waals surface area contributed by atoms with Crippen molar-refractivity contribution in [3.63, 3.8) is 0 Å². The summed E-state index contributed by atoms with van der Waals surface area (Å²) in [6, 6.07) is 6.67. The Morgan fingerprint density at radius 3 is 2.47 bits per heavy atom.